The molecule has 0 amide bonds. The van der Waals surface area contributed by atoms with Crippen LogP contribution in [0.4, 0.5) is 5.69 Å². The van der Waals surface area contributed by atoms with Crippen molar-refractivity contribution in [3.8, 4) is 0 Å². The van der Waals surface area contributed by atoms with Gasteiger partial charge in [-0.15, -0.1) is 0 Å². The number of aromatic nitrogens is 3. The minimum absolute atomic E-state index is 0.0228. The number of pyridine rings is 1. The van der Waals surface area contributed by atoms with Gasteiger partial charge < -0.3 is 15.3 Å². The summed E-state index contributed by atoms with van der Waals surface area (Å²) >= 11 is 0. The lowest BCUT2D eigenvalue weighted by Crippen LogP contribution is -2.26. The first kappa shape index (κ1) is 16.3. The van der Waals surface area contributed by atoms with E-state index in [2.05, 4.69) is 27.5 Å². The Morgan fingerprint density at radius 3 is 2.80 bits per heavy atom. The highest BCUT2D eigenvalue weighted by molar-refractivity contribution is 6.11. The van der Waals surface area contributed by atoms with Crippen LogP contribution < -0.4 is 5.32 Å². The van der Waals surface area contributed by atoms with Gasteiger partial charge in [-0.3, -0.25) is 0 Å². The molecule has 0 bridgehead atoms. The lowest BCUT2D eigenvalue weighted by Gasteiger charge is -2.19. The average molecular weight is 343 g/mol. The first-order valence-corrected chi connectivity index (χ1v) is 9.19. The Hall–Kier alpha value is -2.15. The van der Waals surface area contributed by atoms with Gasteiger partial charge >= 0.3 is 0 Å². The lowest BCUT2D eigenvalue weighted by molar-refractivity contribution is 0.0211. The molecule has 2 aromatic heterocycles. The SMILES string of the molecule is CCn1ncc2c(NC3CCCC3)c(C3=NOC(CO)C3C)cnc21. The van der Waals surface area contributed by atoms with Crippen LogP contribution in [0, 0.1) is 5.92 Å². The second kappa shape index (κ2) is 6.63. The van der Waals surface area contributed by atoms with Crippen LogP contribution in [0.5, 0.6) is 0 Å². The predicted molar refractivity (Wildman–Crippen MR) is 96.7 cm³/mol. The number of hydrogen-bond acceptors (Lipinski definition) is 6. The summed E-state index contributed by atoms with van der Waals surface area (Å²) in [5.41, 5.74) is 3.73. The number of aryl methyl sites for hydroxylation is 1. The molecule has 3 heterocycles. The molecule has 1 fully saturated rings. The molecule has 2 aromatic rings. The van der Waals surface area contributed by atoms with Gasteiger partial charge in [0.2, 0.25) is 0 Å². The summed E-state index contributed by atoms with van der Waals surface area (Å²) in [7, 11) is 0. The van der Waals surface area contributed by atoms with E-state index in [1.165, 1.54) is 25.7 Å². The molecule has 0 aromatic carbocycles. The van der Waals surface area contributed by atoms with Crippen LogP contribution in [0.2, 0.25) is 0 Å². The number of rotatable bonds is 5. The minimum Gasteiger partial charge on any atom is -0.392 e. The summed E-state index contributed by atoms with van der Waals surface area (Å²) in [5, 5.41) is 22.9. The van der Waals surface area contributed by atoms with Crippen molar-refractivity contribution in [3.63, 3.8) is 0 Å². The van der Waals surface area contributed by atoms with Crippen molar-refractivity contribution in [1.82, 2.24) is 14.8 Å². The van der Waals surface area contributed by atoms with Crippen molar-refractivity contribution in [2.75, 3.05) is 11.9 Å². The standard InChI is InChI=1S/C18H25N5O2/c1-3-23-18-14(9-20-23)17(21-12-6-4-5-7-12)13(8-19-18)16-11(2)15(10-24)25-22-16/h8-9,11-12,15,24H,3-7,10H2,1-2H3,(H,19,21). The van der Waals surface area contributed by atoms with E-state index in [4.69, 9.17) is 4.84 Å². The largest absolute Gasteiger partial charge is 0.392 e. The molecule has 7 heteroatoms. The summed E-state index contributed by atoms with van der Waals surface area (Å²) in [6.45, 7) is 4.84. The van der Waals surface area contributed by atoms with Gasteiger partial charge in [0, 0.05) is 30.3 Å². The minimum atomic E-state index is -0.289. The number of oxime groups is 1. The van der Waals surface area contributed by atoms with E-state index in [1.54, 1.807) is 0 Å². The number of nitrogens with one attached hydrogen (secondary N) is 1. The number of fused-ring (bicyclic) bond motifs is 1. The van der Waals surface area contributed by atoms with E-state index in [1.807, 2.05) is 24.0 Å². The molecule has 0 spiro atoms. The highest BCUT2D eigenvalue weighted by atomic mass is 16.6. The fourth-order valence-electron chi connectivity index (χ4n) is 3.84. The monoisotopic (exact) mass is 343 g/mol. The van der Waals surface area contributed by atoms with Gasteiger partial charge in [0.1, 0.15) is 0 Å². The first-order chi connectivity index (χ1) is 12.2. The maximum absolute atomic E-state index is 9.46. The van der Waals surface area contributed by atoms with Crippen LogP contribution in [0.1, 0.15) is 45.1 Å². The van der Waals surface area contributed by atoms with Crippen LogP contribution >= 0.6 is 0 Å². The van der Waals surface area contributed by atoms with E-state index >= 15 is 0 Å². The fraction of sp³-hybridized carbons (Fsp3) is 0.611. The highest BCUT2D eigenvalue weighted by Gasteiger charge is 2.33. The third-order valence-electron chi connectivity index (χ3n) is 5.40. The van der Waals surface area contributed by atoms with Crippen LogP contribution in [-0.2, 0) is 11.4 Å². The molecule has 4 rings (SSSR count). The molecular formula is C18H25N5O2. The summed E-state index contributed by atoms with van der Waals surface area (Å²) in [4.78, 5) is 10.0. The van der Waals surface area contributed by atoms with E-state index in [0.29, 0.717) is 6.04 Å². The molecule has 1 saturated carbocycles. The molecule has 2 N–H and O–H groups in total. The van der Waals surface area contributed by atoms with Crippen LogP contribution in [0.15, 0.2) is 17.5 Å². The average Bonchev–Trinajstić information content (AvgIpc) is 3.35. The Bertz CT molecular complexity index is 794. The molecule has 0 radical (unpaired) electrons. The van der Waals surface area contributed by atoms with E-state index in [-0.39, 0.29) is 18.6 Å². The molecule has 2 unspecified atom stereocenters. The van der Waals surface area contributed by atoms with Gasteiger partial charge in [0.05, 0.1) is 29.6 Å². The molecule has 0 saturated heterocycles. The molecule has 2 atom stereocenters. The number of nitrogens with zero attached hydrogens (tertiary/aromatic N) is 4. The Morgan fingerprint density at radius 2 is 2.12 bits per heavy atom. The molecular weight excluding hydrogens is 318 g/mol. The molecule has 1 aliphatic carbocycles. The Morgan fingerprint density at radius 1 is 1.32 bits per heavy atom. The Balaban J connectivity index is 1.80. The Labute approximate surface area is 147 Å². The van der Waals surface area contributed by atoms with Crippen LogP contribution in [0.3, 0.4) is 0 Å². The predicted octanol–water partition coefficient (Wildman–Crippen LogP) is 2.54. The zero-order valence-electron chi connectivity index (χ0n) is 14.8. The number of aliphatic hydroxyl groups excluding tert-OH is 1. The van der Waals surface area contributed by atoms with Gasteiger partial charge in [-0.1, -0.05) is 24.9 Å². The summed E-state index contributed by atoms with van der Waals surface area (Å²) < 4.78 is 1.91. The van der Waals surface area contributed by atoms with Crippen molar-refractivity contribution in [1.29, 1.82) is 0 Å². The van der Waals surface area contributed by atoms with Crippen LogP contribution in [0.25, 0.3) is 11.0 Å². The topological polar surface area (TPSA) is 84.6 Å². The van der Waals surface area contributed by atoms with Crippen molar-refractivity contribution in [2.45, 2.75) is 58.2 Å². The second-order valence-corrected chi connectivity index (χ2v) is 6.96. The van der Waals surface area contributed by atoms with E-state index in [9.17, 15) is 5.11 Å². The molecule has 1 aliphatic heterocycles. The third kappa shape index (κ3) is 2.76. The molecule has 2 aliphatic rings. The summed E-state index contributed by atoms with van der Waals surface area (Å²) in [6, 6.07) is 0.473. The summed E-state index contributed by atoms with van der Waals surface area (Å²) in [5.74, 6) is 0.0228. The van der Waals surface area contributed by atoms with Gasteiger partial charge in [-0.25, -0.2) is 9.67 Å². The zero-order valence-corrected chi connectivity index (χ0v) is 14.8. The zero-order chi connectivity index (χ0) is 17.4. The van der Waals surface area contributed by atoms with Crippen molar-refractivity contribution in [3.05, 3.63) is 18.0 Å². The van der Waals surface area contributed by atoms with Crippen molar-refractivity contribution >= 4 is 22.4 Å². The number of anilines is 1. The quantitative estimate of drug-likeness (QED) is 0.871. The Kier molecular flexibility index (Phi) is 4.33. The third-order valence-corrected chi connectivity index (χ3v) is 5.40. The maximum Gasteiger partial charge on any atom is 0.159 e. The van der Waals surface area contributed by atoms with Gasteiger partial charge in [-0.2, -0.15) is 5.10 Å². The highest BCUT2D eigenvalue weighted by Crippen LogP contribution is 2.34. The van der Waals surface area contributed by atoms with Crippen LogP contribution in [-0.4, -0.2) is 44.3 Å². The number of hydrogen-bond donors (Lipinski definition) is 2. The van der Waals surface area contributed by atoms with E-state index < -0.39 is 0 Å². The van der Waals surface area contributed by atoms with Crippen molar-refractivity contribution in [2.24, 2.45) is 11.1 Å². The second-order valence-electron chi connectivity index (χ2n) is 6.96. The first-order valence-electron chi connectivity index (χ1n) is 9.19. The van der Waals surface area contributed by atoms with Gasteiger partial charge in [0.25, 0.3) is 0 Å². The molecule has 7 nitrogen and oxygen atoms in total. The maximum atomic E-state index is 9.46. The molecule has 134 valence electrons. The normalized spacial score (nSPS) is 23.9. The lowest BCUT2D eigenvalue weighted by atomic mass is 9.93. The molecule has 25 heavy (non-hydrogen) atoms. The summed E-state index contributed by atoms with van der Waals surface area (Å²) in [6.07, 6.45) is 8.36. The van der Waals surface area contributed by atoms with Gasteiger partial charge in [-0.05, 0) is 19.8 Å². The fourth-order valence-corrected chi connectivity index (χ4v) is 3.84. The van der Waals surface area contributed by atoms with Crippen molar-refractivity contribution < 1.29 is 9.94 Å². The van der Waals surface area contributed by atoms with E-state index in [0.717, 1.165) is 34.5 Å². The smallest absolute Gasteiger partial charge is 0.159 e. The number of aliphatic hydroxyl groups is 1. The van der Waals surface area contributed by atoms with Gasteiger partial charge in [0.15, 0.2) is 11.8 Å².